The summed E-state index contributed by atoms with van der Waals surface area (Å²) in [5.74, 6) is 0.667. The lowest BCUT2D eigenvalue weighted by atomic mass is 9.49. The van der Waals surface area contributed by atoms with Gasteiger partial charge < -0.3 is 49.2 Å². The van der Waals surface area contributed by atoms with Gasteiger partial charge in [0.1, 0.15) is 11.2 Å². The highest BCUT2D eigenvalue weighted by Crippen LogP contribution is 2.65. The number of amides is 4. The molecule has 550 valence electrons. The van der Waals surface area contributed by atoms with Gasteiger partial charge in [-0.25, -0.2) is 19.4 Å². The number of allylic oxidation sites excluding steroid dienone is 1. The number of carbonyl (C=O) groups is 5. The molecule has 8 aliphatic rings. The number of imide groups is 2. The quantitative estimate of drug-likeness (QED) is 0.0437. The molecule has 7 heterocycles. The number of fused-ring (bicyclic) bond motifs is 3. The summed E-state index contributed by atoms with van der Waals surface area (Å²) in [6.07, 6.45) is 15.1. The largest absolute Gasteiger partial charge is 0.504 e. The van der Waals surface area contributed by atoms with Crippen molar-refractivity contribution in [1.29, 1.82) is 0 Å². The molecular weight excluding hydrogens is 1330 g/mol. The van der Waals surface area contributed by atoms with E-state index in [0.717, 1.165) is 91.2 Å². The number of hydrogen-bond donors (Lipinski definition) is 6. The Balaban J connectivity index is 0.000000136. The molecule has 7 atom stereocenters. The number of pyridine rings is 1. The van der Waals surface area contributed by atoms with Crippen molar-refractivity contribution in [1.82, 2.24) is 49.0 Å². The number of methoxy groups -OCH3 is 1. The van der Waals surface area contributed by atoms with Crippen LogP contribution in [0.25, 0.3) is 11.2 Å². The molecule has 0 radical (unpaired) electrons. The number of anilines is 2. The Morgan fingerprint density at radius 3 is 2.12 bits per heavy atom. The van der Waals surface area contributed by atoms with Gasteiger partial charge in [0.2, 0.25) is 11.8 Å². The molecule has 6 N–H and O–H groups in total. The summed E-state index contributed by atoms with van der Waals surface area (Å²) >= 11 is 1.87. The average molecular weight is 1430 g/mol. The number of aliphatic hydroxyl groups is 2. The van der Waals surface area contributed by atoms with E-state index < -0.39 is 52.0 Å². The summed E-state index contributed by atoms with van der Waals surface area (Å²) in [7, 11) is 14.9. The van der Waals surface area contributed by atoms with Crippen molar-refractivity contribution in [2.75, 3.05) is 66.4 Å². The summed E-state index contributed by atoms with van der Waals surface area (Å²) < 4.78 is 15.4. The highest BCUT2D eigenvalue weighted by molar-refractivity contribution is 7.99. The predicted molar refractivity (Wildman–Crippen MR) is 395 cm³/mol. The molecule has 1 unspecified atom stereocenters. The summed E-state index contributed by atoms with van der Waals surface area (Å²) in [6, 6.07) is 31.8. The predicted octanol–water partition coefficient (Wildman–Crippen LogP) is 9.11. The first-order valence-electron chi connectivity index (χ1n) is 35.3. The third kappa shape index (κ3) is 15.6. The number of rotatable bonds is 14. The van der Waals surface area contributed by atoms with Crippen molar-refractivity contribution in [2.24, 2.45) is 44.3 Å². The topological polar surface area (TPSA) is 296 Å². The van der Waals surface area contributed by atoms with E-state index in [4.69, 9.17) is 14.6 Å². The van der Waals surface area contributed by atoms with Crippen molar-refractivity contribution >= 4 is 63.9 Å². The van der Waals surface area contributed by atoms with Crippen LogP contribution in [0.15, 0.2) is 148 Å². The van der Waals surface area contributed by atoms with Gasteiger partial charge in [-0.15, -0.1) is 6.58 Å². The summed E-state index contributed by atoms with van der Waals surface area (Å²) in [6.45, 7) is 13.5. The van der Waals surface area contributed by atoms with Gasteiger partial charge in [-0.1, -0.05) is 87.0 Å². The number of para-hydroxylation sites is 2. The van der Waals surface area contributed by atoms with Crippen LogP contribution in [0, 0.1) is 23.2 Å². The van der Waals surface area contributed by atoms with Gasteiger partial charge in [0, 0.05) is 92.9 Å². The molecule has 5 fully saturated rings. The van der Waals surface area contributed by atoms with Crippen molar-refractivity contribution in [3.8, 4) is 17.2 Å². The molecule has 2 saturated heterocycles. The molecule has 15 rings (SSSR count). The average Bonchev–Trinajstić information content (AvgIpc) is 1.56. The van der Waals surface area contributed by atoms with Crippen molar-refractivity contribution in [3.05, 3.63) is 172 Å². The zero-order valence-electron chi connectivity index (χ0n) is 60.9. The Hall–Kier alpha value is -8.98. The smallest absolute Gasteiger partial charge is 0.337 e. The third-order valence-corrected chi connectivity index (χ3v) is 22.5. The minimum atomic E-state index is -1.19. The number of hydrogen-bond acceptors (Lipinski definition) is 19. The number of carbonyl (C=O) groups excluding carboxylic acids is 4. The van der Waals surface area contributed by atoms with E-state index in [2.05, 4.69) is 130 Å². The normalized spacial score (nSPS) is 23.3. The molecule has 4 aliphatic carbocycles. The van der Waals surface area contributed by atoms with Gasteiger partial charge in [0.15, 0.2) is 34.6 Å². The lowest BCUT2D eigenvalue weighted by Gasteiger charge is -2.62. The molecule has 3 saturated carbocycles. The Morgan fingerprint density at radius 2 is 1.52 bits per heavy atom. The number of Topliss-reactive ketones (excluding diaryl/α,β-unsaturated/α-hetero) is 1. The SMILES string of the molecule is C=CCC1(CC(C)C)C(=O)NC(=O)NC1=O.CC(CN1c2ccccc2Sc2ccccc21)N(C)C.COc1cccc([C@@]2(O)CCCC[C@@H]2CN(C)C)c1.Cn1c(=O)c2c(ncn2C)n(C)c1=O.O=C(O)c1cccnc1.O=C1CC[C@@]2(O)[C@H]3Cc4ccc(O)c5c4[C@@]2(CCN3CC2CC2)[C@H]1O5. The monoisotopic (exact) mass is 1430 g/mol. The molecule has 24 nitrogen and oxygen atoms in total. The second-order valence-electron chi connectivity index (χ2n) is 29.2. The van der Waals surface area contributed by atoms with Crippen LogP contribution in [0.4, 0.5) is 16.2 Å². The molecule has 103 heavy (non-hydrogen) atoms. The van der Waals surface area contributed by atoms with E-state index in [1.54, 1.807) is 37.9 Å². The summed E-state index contributed by atoms with van der Waals surface area (Å²) in [5.41, 5.74) is 2.60. The number of ether oxygens (including phenoxy) is 2. The van der Waals surface area contributed by atoms with Crippen molar-refractivity contribution in [3.63, 3.8) is 0 Å². The number of ketones is 1. The number of urea groups is 1. The number of imidazole rings is 1. The second-order valence-corrected chi connectivity index (χ2v) is 30.3. The second kappa shape index (κ2) is 31.9. The van der Waals surface area contributed by atoms with Crippen LogP contribution in [0.1, 0.15) is 118 Å². The highest BCUT2D eigenvalue weighted by Gasteiger charge is 2.73. The fourth-order valence-electron chi connectivity index (χ4n) is 15.8. The van der Waals surface area contributed by atoms with Crippen LogP contribution >= 0.6 is 11.8 Å². The molecule has 2 bridgehead atoms. The molecule has 7 aromatic rings. The molecule has 1 spiro atoms. The molecular formula is C78H99N11O13S. The van der Waals surface area contributed by atoms with Crippen LogP contribution in [-0.4, -0.2) is 174 Å². The Morgan fingerprint density at radius 1 is 0.845 bits per heavy atom. The van der Waals surface area contributed by atoms with E-state index in [1.165, 1.54) is 82.9 Å². The van der Waals surface area contributed by atoms with E-state index in [9.17, 15) is 48.9 Å². The number of aromatic hydroxyl groups is 1. The maximum absolute atomic E-state index is 12.7. The minimum Gasteiger partial charge on any atom is -0.504 e. The van der Waals surface area contributed by atoms with Gasteiger partial charge in [0.25, 0.3) is 5.56 Å². The lowest BCUT2D eigenvalue weighted by molar-refractivity contribution is -0.188. The number of aromatic carboxylic acids is 1. The standard InChI is InChI=1S/C20H23NO4.C17H20N2S.C16H25NO2.C11H16N2O3.C8H10N4O2.C6H5NO2/c22-13-4-3-12-9-15-20(24)6-5-14(23)18-19(20,16(12)17(13)25-18)7-8-21(15)10-11-1-2-11;1-13(18(2)3)12-19-14-8-4-6-10-16(14)20-17-11-7-5-9-15(17)19;1-17(2)12-14-7-4-5-10-16(14,18)13-8-6-9-15(11-13)19-3;1-4-5-11(6-7(2)3)8(14)12-10(16)13-9(11)15;1-10-4-9-6-5(10)7(13)12(3)8(14)11(6)2;8-6(9)5-2-1-3-7-4-5/h3-4,11,15,18,22,24H,1-2,5-10H2;4-11,13H,12H2,1-3H3;6,8-9,11,14,18H,4-5,7,10,12H2,1-3H3;4,7H,1,5-6H2,2-3H3,(H2,12,13,14,15,16);4H,1-3H3;1-4H,(H,8,9)/t15-,18+,19+,20-;;14-,16+;;;/m1.1.../s1. The number of piperidine rings is 1. The van der Waals surface area contributed by atoms with Crippen LogP contribution in [0.3, 0.4) is 0 Å². The number of phenolic OH excluding ortho intramolecular Hbond substituents is 1. The molecule has 4 aromatic carbocycles. The van der Waals surface area contributed by atoms with Gasteiger partial charge in [0.05, 0.1) is 47.0 Å². The first-order chi connectivity index (χ1) is 49.0. The van der Waals surface area contributed by atoms with Gasteiger partial charge in [-0.3, -0.25) is 48.8 Å². The lowest BCUT2D eigenvalue weighted by Crippen LogP contribution is -2.76. The van der Waals surface area contributed by atoms with Crippen LogP contribution < -0.4 is 36.3 Å². The number of benzene rings is 4. The van der Waals surface area contributed by atoms with Crippen molar-refractivity contribution in [2.45, 2.75) is 142 Å². The summed E-state index contributed by atoms with van der Waals surface area (Å²) in [5, 5.41) is 46.1. The zero-order valence-corrected chi connectivity index (χ0v) is 61.7. The number of phenols is 1. The van der Waals surface area contributed by atoms with E-state index in [0.29, 0.717) is 48.1 Å². The number of barbiturate groups is 1. The van der Waals surface area contributed by atoms with Crippen LogP contribution in [0.2, 0.25) is 0 Å². The van der Waals surface area contributed by atoms with E-state index >= 15 is 0 Å². The number of likely N-dealkylation sites (tertiary alicyclic amines) is 1. The third-order valence-electron chi connectivity index (χ3n) is 21.4. The van der Waals surface area contributed by atoms with Crippen LogP contribution in [-0.2, 0) is 53.0 Å². The number of carboxylic acids is 1. The van der Waals surface area contributed by atoms with Gasteiger partial charge in [-0.2, -0.15) is 0 Å². The number of aromatic nitrogens is 5. The first kappa shape index (κ1) is 76.7. The number of likely N-dealkylation sites (N-methyl/N-ethyl adjacent to an activating group) is 1. The molecule has 4 aliphatic heterocycles. The Bertz CT molecular complexity index is 4330. The Labute approximate surface area is 605 Å². The maximum Gasteiger partial charge on any atom is 0.337 e. The fraction of sp³-hybridized carbons (Fsp3) is 0.474. The number of nitrogens with zero attached hydrogens (tertiary/aromatic N) is 9. The van der Waals surface area contributed by atoms with Crippen LogP contribution in [0.5, 0.6) is 17.2 Å². The molecule has 3 aromatic heterocycles. The Kier molecular flexibility index (Phi) is 23.8. The van der Waals surface area contributed by atoms with Gasteiger partial charge >= 0.3 is 17.7 Å². The maximum atomic E-state index is 12.7. The zero-order chi connectivity index (χ0) is 74.5. The first-order valence-corrected chi connectivity index (χ1v) is 36.2. The molecule has 4 amide bonds. The minimum absolute atomic E-state index is 0.0454. The number of aryl methyl sites for hydroxylation is 2. The van der Waals surface area contributed by atoms with Crippen molar-refractivity contribution < 1.29 is 53.9 Å². The summed E-state index contributed by atoms with van der Waals surface area (Å²) in [4.78, 5) is 100. The highest BCUT2D eigenvalue weighted by atomic mass is 32.2. The molecule has 25 heteroatoms. The van der Waals surface area contributed by atoms with E-state index in [1.807, 2.05) is 55.9 Å². The van der Waals surface area contributed by atoms with Gasteiger partial charge in [-0.05, 0) is 177 Å². The van der Waals surface area contributed by atoms with E-state index in [-0.39, 0.29) is 46.7 Å². The number of nitrogens with one attached hydrogen (secondary N) is 2. The fourth-order valence-corrected chi connectivity index (χ4v) is 16.9. The number of carboxylic acid groups (broad SMARTS) is 1.